The molecule has 210 valence electrons. The van der Waals surface area contributed by atoms with E-state index in [1.165, 1.54) is 33.4 Å². The molecule has 41 heavy (non-hydrogen) atoms. The summed E-state index contributed by atoms with van der Waals surface area (Å²) in [7, 11) is -0.101. The third-order valence-corrected chi connectivity index (χ3v) is 22.0. The van der Waals surface area contributed by atoms with Gasteiger partial charge < -0.3 is 24.8 Å². The molecule has 0 bridgehead atoms. The molecule has 0 saturated carbocycles. The number of rotatable bonds is 5. The molecule has 0 aliphatic heterocycles. The largest absolute Gasteiger partial charge is 1.00 e. The van der Waals surface area contributed by atoms with Crippen LogP contribution in [0.4, 0.5) is 0 Å². The van der Waals surface area contributed by atoms with Crippen molar-refractivity contribution in [2.75, 3.05) is 0 Å². The number of benzene rings is 4. The standard InChI is InChI=1S/2C16H13.C4H14Si2.2ClH.Zr/c2*1-12-10-14-8-5-9-15(16(14)11-12)13-6-3-2-4-7-13;1-5-6(2,3)4;;;/h2*2-11H,1H3;5H2,1-4H3;2*1H;/q;;;;;+2/p-2. The quantitative estimate of drug-likeness (QED) is 0.280. The van der Waals surface area contributed by atoms with E-state index in [1.54, 1.807) is 22.3 Å². The predicted octanol–water partition coefficient (Wildman–Crippen LogP) is 3.77. The Hall–Kier alpha value is -1.74. The maximum absolute atomic E-state index is 2.47. The van der Waals surface area contributed by atoms with Crippen molar-refractivity contribution in [2.45, 2.75) is 47.3 Å². The van der Waals surface area contributed by atoms with Gasteiger partial charge in [-0.3, -0.25) is 0 Å². The summed E-state index contributed by atoms with van der Waals surface area (Å²) in [6, 6.07) is 35.6. The number of fused-ring (bicyclic) bond motifs is 2. The maximum atomic E-state index is 2.47. The number of hydrogen-bond acceptors (Lipinski definition) is 0. The number of hydrogen-bond donors (Lipinski definition) is 0. The van der Waals surface area contributed by atoms with Crippen molar-refractivity contribution < 1.29 is 48.0 Å². The van der Waals surface area contributed by atoms with E-state index in [9.17, 15) is 0 Å². The summed E-state index contributed by atoms with van der Waals surface area (Å²) >= 11 is -0.835. The van der Waals surface area contributed by atoms with Gasteiger partial charge in [0.05, 0.1) is 0 Å². The Morgan fingerprint density at radius 1 is 0.561 bits per heavy atom. The monoisotopic (exact) mass is 688 g/mol. The molecule has 2 aliphatic carbocycles. The Kier molecular flexibility index (Phi) is 12.0. The topological polar surface area (TPSA) is 0 Å². The Bertz CT molecular complexity index is 1410. The van der Waals surface area contributed by atoms with Crippen LogP contribution < -0.4 is 24.8 Å². The Morgan fingerprint density at radius 2 is 0.927 bits per heavy atom. The molecular weight excluding hydrogens is 651 g/mol. The summed E-state index contributed by atoms with van der Waals surface area (Å²) in [4.78, 5) is 0. The second-order valence-corrected chi connectivity index (χ2v) is 30.0. The smallest absolute Gasteiger partial charge is 0.0307 e. The molecule has 0 nitrogen and oxygen atoms in total. The van der Waals surface area contributed by atoms with Crippen molar-refractivity contribution in [3.8, 4) is 22.3 Å². The van der Waals surface area contributed by atoms with Crippen LogP contribution in [0, 0.1) is 0 Å². The number of allylic oxidation sites excluding steroid dienone is 2. The first kappa shape index (κ1) is 33.8. The Labute approximate surface area is 274 Å². The summed E-state index contributed by atoms with van der Waals surface area (Å²) in [5, 5.41) is 0. The van der Waals surface area contributed by atoms with Crippen LogP contribution in [0.2, 0.25) is 26.2 Å². The van der Waals surface area contributed by atoms with Gasteiger partial charge in [0.2, 0.25) is 0 Å². The van der Waals surface area contributed by atoms with Gasteiger partial charge in [-0.05, 0) is 0 Å². The van der Waals surface area contributed by atoms with Gasteiger partial charge in [0.1, 0.15) is 0 Å². The van der Waals surface area contributed by atoms with E-state index in [0.717, 1.165) is 0 Å². The van der Waals surface area contributed by atoms with Crippen LogP contribution in [0.15, 0.2) is 108 Å². The summed E-state index contributed by atoms with van der Waals surface area (Å²) < 4.78 is 1.26. The third-order valence-electron chi connectivity index (χ3n) is 8.12. The molecule has 4 aromatic rings. The predicted molar refractivity (Wildman–Crippen MR) is 174 cm³/mol. The molecule has 0 fully saturated rings. The molecule has 5 heteroatoms. The normalized spacial score (nSPS) is 16.7. The van der Waals surface area contributed by atoms with Crippen LogP contribution in [-0.2, 0) is 23.2 Å². The molecule has 6 rings (SSSR count). The van der Waals surface area contributed by atoms with Crippen molar-refractivity contribution in [1.82, 2.24) is 0 Å². The minimum atomic E-state index is -0.835. The van der Waals surface area contributed by atoms with Crippen molar-refractivity contribution in [2.24, 2.45) is 0 Å². The molecule has 0 amide bonds. The van der Waals surface area contributed by atoms with Gasteiger partial charge in [-0.2, -0.15) is 0 Å². The van der Waals surface area contributed by atoms with E-state index in [1.807, 2.05) is 0 Å². The molecule has 0 spiro atoms. The van der Waals surface area contributed by atoms with E-state index in [2.05, 4.69) is 149 Å². The fourth-order valence-electron chi connectivity index (χ4n) is 5.45. The van der Waals surface area contributed by atoms with Gasteiger partial charge in [-0.1, -0.05) is 26.2 Å². The average Bonchev–Trinajstić information content (AvgIpc) is 3.45. The summed E-state index contributed by atoms with van der Waals surface area (Å²) in [6.45, 7) is 14.5. The van der Waals surface area contributed by atoms with E-state index in [4.69, 9.17) is 0 Å². The minimum absolute atomic E-state index is 0. The SMILES string of the molecule is CC1=Cc2c(-c3ccccc3)cccc2[CH]1[Zr+2][CH]1C(C)=Cc2c(-c3ccccc3)cccc21.C[SiH2][Si](C)(C)C.[Cl-].[Cl-]. The first-order chi connectivity index (χ1) is 18.8. The zero-order valence-electron chi connectivity index (χ0n) is 25.0. The van der Waals surface area contributed by atoms with Crippen molar-refractivity contribution >= 4 is 28.8 Å². The molecular formula is C36H40Cl2Si2Zr. The average molecular weight is 691 g/mol. The van der Waals surface area contributed by atoms with Crippen LogP contribution in [0.25, 0.3) is 34.4 Å². The maximum Gasteiger partial charge on any atom is 0.0307 e. The fraction of sp³-hybridized carbons (Fsp3) is 0.222. The summed E-state index contributed by atoms with van der Waals surface area (Å²) in [5.41, 5.74) is 14.5. The molecule has 4 aromatic carbocycles. The molecule has 2 aliphatic rings. The van der Waals surface area contributed by atoms with Gasteiger partial charge in [0.15, 0.2) is 0 Å². The first-order valence-corrected chi connectivity index (χ1v) is 24.3. The molecule has 0 heterocycles. The van der Waals surface area contributed by atoms with Crippen LogP contribution in [-0.4, -0.2) is 16.6 Å². The van der Waals surface area contributed by atoms with Gasteiger partial charge >= 0.3 is 209 Å². The van der Waals surface area contributed by atoms with Gasteiger partial charge in [-0.25, -0.2) is 0 Å². The van der Waals surface area contributed by atoms with E-state index in [-0.39, 0.29) is 24.8 Å². The molecule has 0 aromatic heterocycles. The number of halogens is 2. The van der Waals surface area contributed by atoms with Crippen LogP contribution in [0.3, 0.4) is 0 Å². The van der Waals surface area contributed by atoms with Gasteiger partial charge in [0, 0.05) is 16.6 Å². The van der Waals surface area contributed by atoms with Crippen molar-refractivity contribution in [3.05, 3.63) is 130 Å². The van der Waals surface area contributed by atoms with E-state index in [0.29, 0.717) is 16.3 Å². The molecule has 0 radical (unpaired) electrons. The second kappa shape index (κ2) is 14.6. The third kappa shape index (κ3) is 7.62. The summed E-state index contributed by atoms with van der Waals surface area (Å²) in [6.07, 6.45) is 4.94. The molecule has 2 unspecified atom stereocenters. The first-order valence-electron chi connectivity index (χ1n) is 14.3. The summed E-state index contributed by atoms with van der Waals surface area (Å²) in [5.74, 6) is 0. The molecule has 0 saturated heterocycles. The van der Waals surface area contributed by atoms with Crippen LogP contribution in [0.1, 0.15) is 43.4 Å². The molecule has 2 atom stereocenters. The van der Waals surface area contributed by atoms with Gasteiger partial charge in [0.25, 0.3) is 0 Å². The zero-order chi connectivity index (χ0) is 27.6. The van der Waals surface area contributed by atoms with Gasteiger partial charge in [-0.15, -0.1) is 0 Å². The zero-order valence-corrected chi connectivity index (χ0v) is 31.4. The van der Waals surface area contributed by atoms with Crippen molar-refractivity contribution in [1.29, 1.82) is 0 Å². The molecule has 0 N–H and O–H groups in total. The Morgan fingerprint density at radius 3 is 1.27 bits per heavy atom. The van der Waals surface area contributed by atoms with Crippen LogP contribution in [0.5, 0.6) is 0 Å². The Balaban J connectivity index is 0.000000526. The fourth-order valence-corrected chi connectivity index (χ4v) is 10.1. The minimum Gasteiger partial charge on any atom is -1.00 e. The van der Waals surface area contributed by atoms with Crippen LogP contribution >= 0.6 is 0 Å². The van der Waals surface area contributed by atoms with Crippen molar-refractivity contribution in [3.63, 3.8) is 0 Å². The van der Waals surface area contributed by atoms with E-state index >= 15 is 0 Å². The van der Waals surface area contributed by atoms with E-state index < -0.39 is 30.8 Å². The second-order valence-electron chi connectivity index (χ2n) is 12.1.